The van der Waals surface area contributed by atoms with Crippen LogP contribution in [0.15, 0.2) is 0 Å². The van der Waals surface area contributed by atoms with Crippen LogP contribution in [0.25, 0.3) is 0 Å². The van der Waals surface area contributed by atoms with Gasteiger partial charge in [0.1, 0.15) is 0 Å². The van der Waals surface area contributed by atoms with Crippen LogP contribution in [0, 0.1) is 11.3 Å². The molecule has 90 valence electrons. The first-order chi connectivity index (χ1) is 7.19. The SMILES string of the molecule is CCC(CC)(CO)CN1CCC(CO)C1. The van der Waals surface area contributed by atoms with Gasteiger partial charge in [-0.2, -0.15) is 0 Å². The minimum atomic E-state index is 0.0738. The van der Waals surface area contributed by atoms with E-state index in [-0.39, 0.29) is 12.0 Å². The topological polar surface area (TPSA) is 43.7 Å². The van der Waals surface area contributed by atoms with Crippen LogP contribution in [0.1, 0.15) is 33.1 Å². The first kappa shape index (κ1) is 12.9. The minimum absolute atomic E-state index is 0.0738. The first-order valence-electron chi connectivity index (χ1n) is 6.13. The molecule has 0 aliphatic carbocycles. The highest BCUT2D eigenvalue weighted by Crippen LogP contribution is 2.29. The molecule has 0 bridgehead atoms. The molecule has 0 spiro atoms. The van der Waals surface area contributed by atoms with Crippen molar-refractivity contribution >= 4 is 0 Å². The highest BCUT2D eigenvalue weighted by molar-refractivity contribution is 4.84. The second kappa shape index (κ2) is 5.83. The quantitative estimate of drug-likeness (QED) is 0.697. The lowest BCUT2D eigenvalue weighted by molar-refractivity contribution is 0.0721. The lowest BCUT2D eigenvalue weighted by Gasteiger charge is -2.34. The summed E-state index contributed by atoms with van der Waals surface area (Å²) in [5.74, 6) is 0.454. The van der Waals surface area contributed by atoms with Gasteiger partial charge in [0, 0.05) is 31.7 Å². The third-order valence-corrected chi connectivity index (χ3v) is 4.02. The maximum Gasteiger partial charge on any atom is 0.0499 e. The molecule has 0 aromatic heterocycles. The number of likely N-dealkylation sites (tertiary alicyclic amines) is 1. The summed E-state index contributed by atoms with van der Waals surface area (Å²) >= 11 is 0. The predicted octanol–water partition coefficient (Wildman–Crippen LogP) is 1.10. The van der Waals surface area contributed by atoms with Gasteiger partial charge in [-0.15, -0.1) is 0 Å². The average Bonchev–Trinajstić information content (AvgIpc) is 2.73. The van der Waals surface area contributed by atoms with Crippen LogP contribution >= 0.6 is 0 Å². The molecule has 1 atom stereocenters. The van der Waals surface area contributed by atoms with Crippen molar-refractivity contribution < 1.29 is 10.2 Å². The summed E-state index contributed by atoms with van der Waals surface area (Å²) in [5.41, 5.74) is 0.0738. The Kier molecular flexibility index (Phi) is 5.03. The first-order valence-corrected chi connectivity index (χ1v) is 6.13. The Labute approximate surface area is 93.1 Å². The lowest BCUT2D eigenvalue weighted by atomic mass is 9.83. The van der Waals surface area contributed by atoms with E-state index in [2.05, 4.69) is 18.7 Å². The van der Waals surface area contributed by atoms with Crippen LogP contribution in [0.4, 0.5) is 0 Å². The molecule has 1 rings (SSSR count). The van der Waals surface area contributed by atoms with E-state index in [0.717, 1.165) is 38.9 Å². The van der Waals surface area contributed by atoms with E-state index in [9.17, 15) is 5.11 Å². The van der Waals surface area contributed by atoms with Gasteiger partial charge >= 0.3 is 0 Å². The van der Waals surface area contributed by atoms with E-state index in [0.29, 0.717) is 12.5 Å². The Balaban J connectivity index is 2.45. The molecule has 0 aromatic rings. The van der Waals surface area contributed by atoms with Gasteiger partial charge in [0.25, 0.3) is 0 Å². The number of aliphatic hydroxyl groups excluding tert-OH is 2. The molecule has 1 saturated heterocycles. The second-order valence-electron chi connectivity index (χ2n) is 4.94. The molecule has 0 radical (unpaired) electrons. The zero-order chi connectivity index (χ0) is 11.3. The van der Waals surface area contributed by atoms with Crippen molar-refractivity contribution in [3.8, 4) is 0 Å². The molecular weight excluding hydrogens is 190 g/mol. The van der Waals surface area contributed by atoms with Crippen LogP contribution in [-0.2, 0) is 0 Å². The lowest BCUT2D eigenvalue weighted by Crippen LogP contribution is -2.38. The zero-order valence-electron chi connectivity index (χ0n) is 10.1. The van der Waals surface area contributed by atoms with Gasteiger partial charge in [0.2, 0.25) is 0 Å². The fraction of sp³-hybridized carbons (Fsp3) is 1.00. The van der Waals surface area contributed by atoms with Crippen LogP contribution in [0.5, 0.6) is 0 Å². The van der Waals surface area contributed by atoms with Gasteiger partial charge in [-0.1, -0.05) is 13.8 Å². The third kappa shape index (κ3) is 3.16. The van der Waals surface area contributed by atoms with Crippen molar-refractivity contribution in [2.45, 2.75) is 33.1 Å². The third-order valence-electron chi connectivity index (χ3n) is 4.02. The number of rotatable bonds is 6. The molecule has 3 nitrogen and oxygen atoms in total. The number of hydrogen-bond acceptors (Lipinski definition) is 3. The molecule has 0 aromatic carbocycles. The molecule has 1 aliphatic rings. The normalized spacial score (nSPS) is 23.6. The van der Waals surface area contributed by atoms with Crippen molar-refractivity contribution in [2.24, 2.45) is 11.3 Å². The molecule has 1 fully saturated rings. The van der Waals surface area contributed by atoms with E-state index < -0.39 is 0 Å². The summed E-state index contributed by atoms with van der Waals surface area (Å²) in [4.78, 5) is 2.39. The maximum atomic E-state index is 9.48. The summed E-state index contributed by atoms with van der Waals surface area (Å²) in [5, 5.41) is 18.6. The molecule has 3 heteroatoms. The highest BCUT2D eigenvalue weighted by atomic mass is 16.3. The molecule has 1 heterocycles. The van der Waals surface area contributed by atoms with E-state index >= 15 is 0 Å². The second-order valence-corrected chi connectivity index (χ2v) is 4.94. The van der Waals surface area contributed by atoms with Gasteiger partial charge in [-0.3, -0.25) is 0 Å². The minimum Gasteiger partial charge on any atom is -0.396 e. The highest BCUT2D eigenvalue weighted by Gasteiger charge is 2.31. The van der Waals surface area contributed by atoms with Crippen molar-refractivity contribution in [2.75, 3.05) is 32.8 Å². The molecule has 2 N–H and O–H groups in total. The Morgan fingerprint density at radius 3 is 2.33 bits per heavy atom. The smallest absolute Gasteiger partial charge is 0.0499 e. The van der Waals surface area contributed by atoms with Gasteiger partial charge in [-0.25, -0.2) is 0 Å². The van der Waals surface area contributed by atoms with E-state index in [1.165, 1.54) is 0 Å². The van der Waals surface area contributed by atoms with Crippen LogP contribution < -0.4 is 0 Å². The number of hydrogen-bond donors (Lipinski definition) is 2. The fourth-order valence-electron chi connectivity index (χ4n) is 2.43. The number of nitrogens with zero attached hydrogens (tertiary/aromatic N) is 1. The Morgan fingerprint density at radius 2 is 1.93 bits per heavy atom. The van der Waals surface area contributed by atoms with E-state index in [1.807, 2.05) is 0 Å². The van der Waals surface area contributed by atoms with Crippen LogP contribution in [-0.4, -0.2) is 48.0 Å². The molecule has 1 aliphatic heterocycles. The van der Waals surface area contributed by atoms with Crippen LogP contribution in [0.3, 0.4) is 0 Å². The van der Waals surface area contributed by atoms with Gasteiger partial charge in [0.15, 0.2) is 0 Å². The Morgan fingerprint density at radius 1 is 1.27 bits per heavy atom. The summed E-state index contributed by atoms with van der Waals surface area (Å²) in [6, 6.07) is 0. The average molecular weight is 215 g/mol. The molecule has 0 amide bonds. The summed E-state index contributed by atoms with van der Waals surface area (Å²) in [6.07, 6.45) is 3.16. The van der Waals surface area contributed by atoms with Crippen molar-refractivity contribution in [1.82, 2.24) is 4.90 Å². The maximum absolute atomic E-state index is 9.48. The van der Waals surface area contributed by atoms with Crippen LogP contribution in [0.2, 0.25) is 0 Å². The summed E-state index contributed by atoms with van der Waals surface area (Å²) in [7, 11) is 0. The monoisotopic (exact) mass is 215 g/mol. The molecule has 1 unspecified atom stereocenters. The predicted molar refractivity (Wildman–Crippen MR) is 61.7 cm³/mol. The molecule has 15 heavy (non-hydrogen) atoms. The van der Waals surface area contributed by atoms with E-state index in [1.54, 1.807) is 0 Å². The van der Waals surface area contributed by atoms with Gasteiger partial charge in [0.05, 0.1) is 0 Å². The fourth-order valence-corrected chi connectivity index (χ4v) is 2.43. The van der Waals surface area contributed by atoms with Gasteiger partial charge in [-0.05, 0) is 31.7 Å². The number of aliphatic hydroxyl groups is 2. The van der Waals surface area contributed by atoms with E-state index in [4.69, 9.17) is 5.11 Å². The largest absolute Gasteiger partial charge is 0.396 e. The zero-order valence-corrected chi connectivity index (χ0v) is 10.1. The Bertz CT molecular complexity index is 172. The summed E-state index contributed by atoms with van der Waals surface area (Å²) in [6.45, 7) is 7.94. The standard InChI is InChI=1S/C12H25NO2/c1-3-12(4-2,10-15)9-13-6-5-11(7-13)8-14/h11,14-15H,3-10H2,1-2H3. The van der Waals surface area contributed by atoms with Crippen molar-refractivity contribution in [3.63, 3.8) is 0 Å². The van der Waals surface area contributed by atoms with Crippen molar-refractivity contribution in [3.05, 3.63) is 0 Å². The molecular formula is C12H25NO2. The van der Waals surface area contributed by atoms with Crippen molar-refractivity contribution in [1.29, 1.82) is 0 Å². The summed E-state index contributed by atoms with van der Waals surface area (Å²) < 4.78 is 0. The van der Waals surface area contributed by atoms with Gasteiger partial charge < -0.3 is 15.1 Å². The Hall–Kier alpha value is -0.120. The molecule has 0 saturated carbocycles.